The molecule has 1 saturated heterocycles. The lowest BCUT2D eigenvalue weighted by Gasteiger charge is -2.44. The van der Waals surface area contributed by atoms with Crippen LogP contribution in [-0.2, 0) is 10.0 Å². The van der Waals surface area contributed by atoms with Gasteiger partial charge in [-0.2, -0.15) is 4.31 Å². The summed E-state index contributed by atoms with van der Waals surface area (Å²) in [6, 6.07) is 11.2. The summed E-state index contributed by atoms with van der Waals surface area (Å²) in [6.07, 6.45) is 2.13. The van der Waals surface area contributed by atoms with Crippen LogP contribution in [0.15, 0.2) is 52.4 Å². The van der Waals surface area contributed by atoms with Gasteiger partial charge in [0, 0.05) is 37.0 Å². The first-order chi connectivity index (χ1) is 15.3. The number of aliphatic hydroxyl groups excluding tert-OH is 1. The SMILES string of the molecule is CC1C=NC(S(=O)(=O)N2CC[C@@H]3[C@H]2c2cc(-c4ccccc4F)ccc2N(C)[C@H]3CO)=N1. The molecule has 9 heteroatoms. The average molecular weight is 457 g/mol. The van der Waals surface area contributed by atoms with E-state index >= 15 is 0 Å². The third-order valence-corrected chi connectivity index (χ3v) is 8.44. The van der Waals surface area contributed by atoms with Crippen LogP contribution in [0.2, 0.25) is 0 Å². The number of rotatable bonds is 3. The van der Waals surface area contributed by atoms with Crippen molar-refractivity contribution in [3.8, 4) is 11.1 Å². The van der Waals surface area contributed by atoms with Gasteiger partial charge in [-0.3, -0.25) is 0 Å². The Labute approximate surface area is 187 Å². The summed E-state index contributed by atoms with van der Waals surface area (Å²) >= 11 is 0. The van der Waals surface area contributed by atoms with Crippen LogP contribution in [0.3, 0.4) is 0 Å². The fourth-order valence-corrected chi connectivity index (χ4v) is 6.81. The van der Waals surface area contributed by atoms with Gasteiger partial charge in [0.25, 0.3) is 15.2 Å². The summed E-state index contributed by atoms with van der Waals surface area (Å²) in [7, 11) is -2.00. The van der Waals surface area contributed by atoms with Crippen molar-refractivity contribution in [3.05, 3.63) is 53.8 Å². The van der Waals surface area contributed by atoms with Gasteiger partial charge in [0.15, 0.2) is 0 Å². The average Bonchev–Trinajstić information content (AvgIpc) is 3.42. The van der Waals surface area contributed by atoms with Crippen molar-refractivity contribution in [2.45, 2.75) is 31.5 Å². The summed E-state index contributed by atoms with van der Waals surface area (Å²) in [5.74, 6) is -0.438. The molecule has 0 spiro atoms. The van der Waals surface area contributed by atoms with E-state index in [9.17, 15) is 17.9 Å². The Morgan fingerprint density at radius 2 is 2.00 bits per heavy atom. The standard InChI is InChI=1S/C23H25FN4O3S/c1-14-12-25-23(26-14)32(30,31)28-10-9-17-21(13-29)27(2)20-8-7-15(11-18(20)22(17)28)16-5-3-4-6-19(16)24/h3-8,11-12,14,17,21-22,29H,9-10,13H2,1-2H3/t14?,17-,21-,22-/m0/s1. The van der Waals surface area contributed by atoms with E-state index in [1.54, 1.807) is 25.1 Å². The maximum Gasteiger partial charge on any atom is 0.278 e. The molecule has 5 rings (SSSR count). The number of nitrogens with zero attached hydrogens (tertiary/aromatic N) is 4. The topological polar surface area (TPSA) is 85.6 Å². The van der Waals surface area contributed by atoms with Crippen LogP contribution in [0.4, 0.5) is 10.1 Å². The number of halogens is 1. The summed E-state index contributed by atoms with van der Waals surface area (Å²) in [5.41, 5.74) is 2.78. The molecule has 168 valence electrons. The van der Waals surface area contributed by atoms with Crippen LogP contribution in [0.5, 0.6) is 0 Å². The van der Waals surface area contributed by atoms with Crippen molar-refractivity contribution < 1.29 is 17.9 Å². The van der Waals surface area contributed by atoms with Crippen LogP contribution in [0.1, 0.15) is 24.9 Å². The van der Waals surface area contributed by atoms with Gasteiger partial charge in [0.1, 0.15) is 5.82 Å². The fourth-order valence-electron chi connectivity index (χ4n) is 5.19. The number of fused-ring (bicyclic) bond motifs is 3. The van der Waals surface area contributed by atoms with E-state index in [-0.39, 0.29) is 35.6 Å². The van der Waals surface area contributed by atoms with Gasteiger partial charge in [-0.05, 0) is 42.7 Å². The van der Waals surface area contributed by atoms with Crippen LogP contribution in [0, 0.1) is 11.7 Å². The van der Waals surface area contributed by atoms with Gasteiger partial charge < -0.3 is 10.0 Å². The van der Waals surface area contributed by atoms with E-state index in [0.29, 0.717) is 24.1 Å². The first kappa shape index (κ1) is 21.2. The van der Waals surface area contributed by atoms with E-state index in [1.807, 2.05) is 30.1 Å². The zero-order valence-corrected chi connectivity index (χ0v) is 18.7. The Bertz CT molecular complexity index is 1230. The molecular weight excluding hydrogens is 431 g/mol. The highest BCUT2D eigenvalue weighted by molar-refractivity contribution is 8.04. The minimum Gasteiger partial charge on any atom is -0.394 e. The zero-order valence-electron chi connectivity index (χ0n) is 17.9. The summed E-state index contributed by atoms with van der Waals surface area (Å²) in [5, 5.41) is 9.96. The Morgan fingerprint density at radius 3 is 2.69 bits per heavy atom. The smallest absolute Gasteiger partial charge is 0.278 e. The zero-order chi connectivity index (χ0) is 22.6. The lowest BCUT2D eigenvalue weighted by molar-refractivity contribution is 0.193. The van der Waals surface area contributed by atoms with Crippen molar-refractivity contribution in [3.63, 3.8) is 0 Å². The Morgan fingerprint density at radius 1 is 1.22 bits per heavy atom. The van der Waals surface area contributed by atoms with Crippen molar-refractivity contribution >= 4 is 27.1 Å². The number of sulfonamides is 1. The molecule has 0 amide bonds. The number of likely N-dealkylation sites (N-methyl/N-ethyl adjacent to an activating group) is 1. The van der Waals surface area contributed by atoms with Crippen LogP contribution >= 0.6 is 0 Å². The molecule has 7 nitrogen and oxygen atoms in total. The monoisotopic (exact) mass is 456 g/mol. The molecule has 32 heavy (non-hydrogen) atoms. The highest BCUT2D eigenvalue weighted by Crippen LogP contribution is 2.50. The van der Waals surface area contributed by atoms with Gasteiger partial charge in [-0.25, -0.2) is 22.8 Å². The summed E-state index contributed by atoms with van der Waals surface area (Å²) in [4.78, 5) is 10.2. The number of hydrogen-bond acceptors (Lipinski definition) is 6. The molecule has 0 radical (unpaired) electrons. The van der Waals surface area contributed by atoms with Crippen LogP contribution in [0.25, 0.3) is 11.1 Å². The molecule has 2 aromatic rings. The molecule has 3 heterocycles. The molecule has 1 N–H and O–H groups in total. The van der Waals surface area contributed by atoms with E-state index in [0.717, 1.165) is 11.3 Å². The molecule has 1 fully saturated rings. The molecule has 0 bridgehead atoms. The fraction of sp³-hybridized carbons (Fsp3) is 0.391. The van der Waals surface area contributed by atoms with Crippen molar-refractivity contribution in [1.82, 2.24) is 4.31 Å². The molecule has 1 unspecified atom stereocenters. The molecule has 0 aromatic heterocycles. The Kier molecular flexibility index (Phi) is 5.15. The molecule has 4 atom stereocenters. The maximum atomic E-state index is 14.5. The van der Waals surface area contributed by atoms with E-state index in [1.165, 1.54) is 16.6 Å². The molecule has 3 aliphatic rings. The minimum absolute atomic E-state index is 0.0871. The van der Waals surface area contributed by atoms with Crippen LogP contribution in [-0.4, -0.2) is 61.5 Å². The number of aliphatic hydroxyl groups is 1. The molecular formula is C23H25FN4O3S. The second kappa shape index (κ2) is 7.75. The molecule has 0 saturated carbocycles. The number of anilines is 1. The normalized spacial score (nSPS) is 27.4. The maximum absolute atomic E-state index is 14.5. The minimum atomic E-state index is -3.91. The van der Waals surface area contributed by atoms with Gasteiger partial charge in [-0.1, -0.05) is 24.3 Å². The summed E-state index contributed by atoms with van der Waals surface area (Å²) < 4.78 is 42.9. The van der Waals surface area contributed by atoms with Crippen molar-refractivity contribution in [1.29, 1.82) is 0 Å². The van der Waals surface area contributed by atoms with E-state index < -0.39 is 16.1 Å². The number of aliphatic imine (C=N–C) groups is 2. The summed E-state index contributed by atoms with van der Waals surface area (Å²) in [6.45, 7) is 2.01. The van der Waals surface area contributed by atoms with Gasteiger partial charge >= 0.3 is 0 Å². The van der Waals surface area contributed by atoms with Gasteiger partial charge in [0.2, 0.25) is 0 Å². The number of benzene rings is 2. The van der Waals surface area contributed by atoms with Crippen molar-refractivity contribution in [2.24, 2.45) is 15.9 Å². The van der Waals surface area contributed by atoms with Crippen LogP contribution < -0.4 is 4.90 Å². The highest BCUT2D eigenvalue weighted by Gasteiger charge is 2.51. The molecule has 2 aromatic carbocycles. The number of hydrogen-bond donors (Lipinski definition) is 1. The van der Waals surface area contributed by atoms with Gasteiger partial charge in [0.05, 0.1) is 24.7 Å². The second-order valence-electron chi connectivity index (χ2n) is 8.56. The predicted molar refractivity (Wildman–Crippen MR) is 123 cm³/mol. The third kappa shape index (κ3) is 3.18. The molecule has 0 aliphatic carbocycles. The largest absolute Gasteiger partial charge is 0.394 e. The predicted octanol–water partition coefficient (Wildman–Crippen LogP) is 2.83. The Hall–Kier alpha value is -2.62. The second-order valence-corrected chi connectivity index (χ2v) is 10.3. The Balaban J connectivity index is 1.65. The first-order valence-corrected chi connectivity index (χ1v) is 12.1. The van der Waals surface area contributed by atoms with Gasteiger partial charge in [-0.15, -0.1) is 0 Å². The highest BCUT2D eigenvalue weighted by atomic mass is 32.2. The van der Waals surface area contributed by atoms with E-state index in [2.05, 4.69) is 9.98 Å². The third-order valence-electron chi connectivity index (χ3n) is 6.74. The lowest BCUT2D eigenvalue weighted by Crippen LogP contribution is -2.48. The number of amidine groups is 1. The quantitative estimate of drug-likeness (QED) is 0.770. The van der Waals surface area contributed by atoms with Crippen molar-refractivity contribution in [2.75, 3.05) is 25.1 Å². The first-order valence-electron chi connectivity index (χ1n) is 10.7. The lowest BCUT2D eigenvalue weighted by atomic mass is 9.81. The molecule has 3 aliphatic heterocycles. The van der Waals surface area contributed by atoms with E-state index in [4.69, 9.17) is 0 Å².